The van der Waals surface area contributed by atoms with Crippen LogP contribution in [0.25, 0.3) is 0 Å². The highest BCUT2D eigenvalue weighted by atomic mass is 127. The number of guanidine groups is 1. The molecule has 0 bridgehead atoms. The predicted octanol–water partition coefficient (Wildman–Crippen LogP) is 3.23. The molecule has 160 valence electrons. The Morgan fingerprint density at radius 3 is 2.28 bits per heavy atom. The van der Waals surface area contributed by atoms with Gasteiger partial charge in [-0.1, -0.05) is 0 Å². The second-order valence-corrected chi connectivity index (χ2v) is 7.19. The Labute approximate surface area is 188 Å². The Morgan fingerprint density at radius 2 is 1.72 bits per heavy atom. The molecule has 0 radical (unpaired) electrons. The maximum absolute atomic E-state index is 12.5. The highest BCUT2D eigenvalue weighted by Crippen LogP contribution is 2.29. The summed E-state index contributed by atoms with van der Waals surface area (Å²) in [6.45, 7) is 3.40. The van der Waals surface area contributed by atoms with Gasteiger partial charge in [0.05, 0.1) is 10.6 Å². The van der Waals surface area contributed by atoms with Gasteiger partial charge in [-0.05, 0) is 31.2 Å². The van der Waals surface area contributed by atoms with E-state index in [4.69, 9.17) is 0 Å². The van der Waals surface area contributed by atoms with Gasteiger partial charge < -0.3 is 16.0 Å². The molecule has 11 heteroatoms. The van der Waals surface area contributed by atoms with Gasteiger partial charge in [-0.3, -0.25) is 9.79 Å². The van der Waals surface area contributed by atoms with E-state index in [1.807, 2.05) is 13.1 Å². The molecule has 1 amide bonds. The van der Waals surface area contributed by atoms with Gasteiger partial charge in [0.15, 0.2) is 5.96 Å². The molecule has 0 spiro atoms. The summed E-state index contributed by atoms with van der Waals surface area (Å²) in [6, 6.07) is 4.10. The normalized spacial score (nSPS) is 11.6. The minimum absolute atomic E-state index is 0. The number of rotatable bonds is 7. The van der Waals surface area contributed by atoms with Gasteiger partial charge in [-0.2, -0.15) is 13.2 Å². The molecule has 29 heavy (non-hydrogen) atoms. The van der Waals surface area contributed by atoms with Gasteiger partial charge in [0, 0.05) is 49.7 Å². The van der Waals surface area contributed by atoms with Crippen molar-refractivity contribution in [2.24, 2.45) is 4.99 Å². The van der Waals surface area contributed by atoms with Gasteiger partial charge in [-0.25, -0.2) is 4.98 Å². The zero-order chi connectivity index (χ0) is 20.6. The van der Waals surface area contributed by atoms with Crippen LogP contribution in [0, 0.1) is 6.92 Å². The van der Waals surface area contributed by atoms with Crippen LogP contribution in [0.4, 0.5) is 13.2 Å². The lowest BCUT2D eigenvalue weighted by Gasteiger charge is -2.12. The summed E-state index contributed by atoms with van der Waals surface area (Å²) < 4.78 is 37.6. The lowest BCUT2D eigenvalue weighted by Crippen LogP contribution is -2.42. The summed E-state index contributed by atoms with van der Waals surface area (Å²) >= 11 is 1.65. The molecule has 2 aromatic rings. The number of benzene rings is 1. The minimum Gasteiger partial charge on any atom is -0.356 e. The first-order valence-electron chi connectivity index (χ1n) is 8.61. The number of nitrogens with zero attached hydrogens (tertiary/aromatic N) is 2. The molecule has 1 aromatic carbocycles. The van der Waals surface area contributed by atoms with E-state index < -0.39 is 17.6 Å². The van der Waals surface area contributed by atoms with Crippen LogP contribution in [0.2, 0.25) is 0 Å². The standard InChI is InChI=1S/C18H22F3N5OS.HI/c1-12-11-26-15(28-12)7-8-24-17(22-2)25-10-9-23-16(27)13-3-5-14(6-4-13)18(19,20)21;/h3-6,11H,7-10H2,1-2H3,(H,23,27)(H2,22,24,25);1H. The van der Waals surface area contributed by atoms with Crippen molar-refractivity contribution in [2.75, 3.05) is 26.7 Å². The minimum atomic E-state index is -4.42. The topological polar surface area (TPSA) is 78.4 Å². The summed E-state index contributed by atoms with van der Waals surface area (Å²) in [4.78, 5) is 21.5. The first kappa shape index (κ1) is 25.1. The second-order valence-electron chi connectivity index (χ2n) is 5.87. The molecule has 2 rings (SSSR count). The van der Waals surface area contributed by atoms with Crippen LogP contribution < -0.4 is 16.0 Å². The number of amides is 1. The largest absolute Gasteiger partial charge is 0.416 e. The van der Waals surface area contributed by atoms with Crippen molar-refractivity contribution in [1.29, 1.82) is 0 Å². The summed E-state index contributed by atoms with van der Waals surface area (Å²) in [5, 5.41) is 9.90. The first-order valence-corrected chi connectivity index (χ1v) is 9.42. The molecular formula is C18H23F3IN5OS. The SMILES string of the molecule is CN=C(NCCNC(=O)c1ccc(C(F)(F)F)cc1)NCCc1ncc(C)s1.I. The van der Waals surface area contributed by atoms with Crippen molar-refractivity contribution in [3.8, 4) is 0 Å². The summed E-state index contributed by atoms with van der Waals surface area (Å²) in [5.41, 5.74) is -0.609. The fraction of sp³-hybridized carbons (Fsp3) is 0.389. The molecular weight excluding hydrogens is 518 g/mol. The predicted molar refractivity (Wildman–Crippen MR) is 119 cm³/mol. The van der Waals surface area contributed by atoms with Crippen LogP contribution >= 0.6 is 35.3 Å². The summed E-state index contributed by atoms with van der Waals surface area (Å²) in [6.07, 6.45) is -1.80. The van der Waals surface area contributed by atoms with Crippen LogP contribution in [-0.2, 0) is 12.6 Å². The number of carbonyl (C=O) groups excluding carboxylic acids is 1. The second kappa shape index (κ2) is 12.0. The zero-order valence-electron chi connectivity index (χ0n) is 16.0. The van der Waals surface area contributed by atoms with Crippen LogP contribution in [0.1, 0.15) is 25.8 Å². The van der Waals surface area contributed by atoms with E-state index in [0.29, 0.717) is 25.6 Å². The number of thiazole rings is 1. The van der Waals surface area contributed by atoms with Gasteiger partial charge in [0.25, 0.3) is 5.91 Å². The van der Waals surface area contributed by atoms with Gasteiger partial charge >= 0.3 is 6.18 Å². The van der Waals surface area contributed by atoms with E-state index in [9.17, 15) is 18.0 Å². The Hall–Kier alpha value is -1.89. The molecule has 6 nitrogen and oxygen atoms in total. The van der Waals surface area contributed by atoms with E-state index in [1.54, 1.807) is 18.4 Å². The van der Waals surface area contributed by atoms with Gasteiger partial charge in [0.1, 0.15) is 0 Å². The molecule has 0 aliphatic rings. The Bertz CT molecular complexity index is 809. The lowest BCUT2D eigenvalue weighted by atomic mass is 10.1. The number of aromatic nitrogens is 1. The number of aliphatic imine (C=N–C) groups is 1. The monoisotopic (exact) mass is 541 g/mol. The number of hydrogen-bond donors (Lipinski definition) is 3. The molecule has 3 N–H and O–H groups in total. The van der Waals surface area contributed by atoms with Crippen LogP contribution in [0.3, 0.4) is 0 Å². The summed E-state index contributed by atoms with van der Waals surface area (Å²) in [7, 11) is 1.64. The highest BCUT2D eigenvalue weighted by Gasteiger charge is 2.30. The lowest BCUT2D eigenvalue weighted by molar-refractivity contribution is -0.137. The number of hydrogen-bond acceptors (Lipinski definition) is 4. The quantitative estimate of drug-likeness (QED) is 0.218. The third-order valence-corrected chi connectivity index (χ3v) is 4.67. The van der Waals surface area contributed by atoms with Crippen LogP contribution in [-0.4, -0.2) is 43.5 Å². The molecule has 0 unspecified atom stereocenters. The summed E-state index contributed by atoms with van der Waals surface area (Å²) in [5.74, 6) is 0.162. The maximum atomic E-state index is 12.5. The van der Waals surface area contributed by atoms with Crippen molar-refractivity contribution in [1.82, 2.24) is 20.9 Å². The molecule has 0 aliphatic carbocycles. The number of halogens is 4. The average molecular weight is 541 g/mol. The van der Waals surface area contributed by atoms with Crippen molar-refractivity contribution in [3.05, 3.63) is 51.5 Å². The number of carbonyl (C=O) groups is 1. The van der Waals surface area contributed by atoms with Crippen molar-refractivity contribution in [2.45, 2.75) is 19.5 Å². The van der Waals surface area contributed by atoms with Crippen LogP contribution in [0.5, 0.6) is 0 Å². The third kappa shape index (κ3) is 8.56. The van der Waals surface area contributed by atoms with Crippen molar-refractivity contribution < 1.29 is 18.0 Å². The van der Waals surface area contributed by atoms with Crippen LogP contribution in [0.15, 0.2) is 35.5 Å². The molecule has 1 heterocycles. The fourth-order valence-corrected chi connectivity index (χ4v) is 3.08. The Morgan fingerprint density at radius 1 is 1.10 bits per heavy atom. The van der Waals surface area contributed by atoms with E-state index in [1.165, 1.54) is 4.88 Å². The van der Waals surface area contributed by atoms with E-state index in [2.05, 4.69) is 25.9 Å². The van der Waals surface area contributed by atoms with Crippen molar-refractivity contribution in [3.63, 3.8) is 0 Å². The maximum Gasteiger partial charge on any atom is 0.416 e. The van der Waals surface area contributed by atoms with Crippen molar-refractivity contribution >= 4 is 47.2 Å². The first-order chi connectivity index (χ1) is 13.3. The van der Waals surface area contributed by atoms with E-state index >= 15 is 0 Å². The molecule has 0 fully saturated rings. The van der Waals surface area contributed by atoms with E-state index in [0.717, 1.165) is 35.7 Å². The smallest absolute Gasteiger partial charge is 0.356 e. The molecule has 0 saturated carbocycles. The van der Waals surface area contributed by atoms with Gasteiger partial charge in [0.2, 0.25) is 0 Å². The number of nitrogens with one attached hydrogen (secondary N) is 3. The highest BCUT2D eigenvalue weighted by molar-refractivity contribution is 14.0. The van der Waals surface area contributed by atoms with E-state index in [-0.39, 0.29) is 29.5 Å². The number of aryl methyl sites for hydroxylation is 1. The molecule has 0 aliphatic heterocycles. The average Bonchev–Trinajstić information content (AvgIpc) is 3.08. The molecule has 0 atom stereocenters. The molecule has 0 saturated heterocycles. The fourth-order valence-electron chi connectivity index (χ4n) is 2.30. The number of alkyl halides is 3. The molecule has 1 aromatic heterocycles. The third-order valence-electron chi connectivity index (χ3n) is 3.70. The Balaban J connectivity index is 0.00000420. The Kier molecular flexibility index (Phi) is 10.4. The van der Waals surface area contributed by atoms with Gasteiger partial charge in [-0.15, -0.1) is 35.3 Å². The zero-order valence-corrected chi connectivity index (χ0v) is 19.1.